The van der Waals surface area contributed by atoms with Crippen molar-refractivity contribution in [2.75, 3.05) is 0 Å². The second kappa shape index (κ2) is 18.5. The molecular formula is C56H53FGeIrN4O-2. The molecule has 64 heavy (non-hydrogen) atoms. The predicted molar refractivity (Wildman–Crippen MR) is 261 cm³/mol. The van der Waals surface area contributed by atoms with E-state index >= 15 is 4.39 Å². The third-order valence-electron chi connectivity index (χ3n) is 11.8. The van der Waals surface area contributed by atoms with Gasteiger partial charge in [-0.15, -0.1) is 48.0 Å². The Kier molecular flexibility index (Phi) is 13.4. The maximum absolute atomic E-state index is 15.4. The molecule has 9 rings (SSSR count). The number of rotatable bonds is 7. The summed E-state index contributed by atoms with van der Waals surface area (Å²) in [5, 5.41) is 10.8. The minimum absolute atomic E-state index is 0. The van der Waals surface area contributed by atoms with Crippen molar-refractivity contribution in [3.8, 4) is 45.5 Å². The number of aromatic nitrogens is 3. The number of hydrogen-bond donors (Lipinski definition) is 0. The molecule has 0 atom stereocenters. The summed E-state index contributed by atoms with van der Waals surface area (Å²) in [6.07, 6.45) is 1.87. The molecule has 0 unspecified atom stereocenters. The van der Waals surface area contributed by atoms with Gasteiger partial charge in [0.1, 0.15) is 6.07 Å². The quantitative estimate of drug-likeness (QED) is 0.118. The largest absolute Gasteiger partial charge is 0 e. The Morgan fingerprint density at radius 3 is 2.05 bits per heavy atom. The minimum Gasteiger partial charge on any atom is 0 e. The summed E-state index contributed by atoms with van der Waals surface area (Å²) in [6, 6.07) is 49.7. The molecule has 1 radical (unpaired) electrons. The fourth-order valence-electron chi connectivity index (χ4n) is 8.19. The smallest absolute Gasteiger partial charge is 0 e. The van der Waals surface area contributed by atoms with Gasteiger partial charge in [-0.25, -0.2) is 4.39 Å². The van der Waals surface area contributed by atoms with Gasteiger partial charge in [0.15, 0.2) is 11.4 Å². The van der Waals surface area contributed by atoms with E-state index in [0.717, 1.165) is 33.4 Å². The second-order valence-electron chi connectivity index (χ2n) is 19.0. The molecule has 0 fully saturated rings. The van der Waals surface area contributed by atoms with Gasteiger partial charge >= 0.3 is 201 Å². The maximum Gasteiger partial charge on any atom is 0 e. The Balaban J connectivity index is 0.000000304. The number of benzene rings is 6. The number of furan rings is 1. The van der Waals surface area contributed by atoms with Gasteiger partial charge in [-0.05, 0) is 28.8 Å². The minimum atomic E-state index is -1.94. The van der Waals surface area contributed by atoms with Crippen LogP contribution < -0.4 is 4.40 Å². The topological polar surface area (TPSA) is 67.6 Å². The third kappa shape index (κ3) is 9.02. The number of para-hydroxylation sites is 2. The summed E-state index contributed by atoms with van der Waals surface area (Å²) < 4.78 is 25.3. The zero-order valence-electron chi connectivity index (χ0n) is 38.2. The van der Waals surface area contributed by atoms with Crippen molar-refractivity contribution >= 4 is 50.6 Å². The summed E-state index contributed by atoms with van der Waals surface area (Å²) in [4.78, 5) is 9.57. The summed E-state index contributed by atoms with van der Waals surface area (Å²) in [7, 11) is 0. The molecule has 0 aliphatic carbocycles. The van der Waals surface area contributed by atoms with E-state index in [1.54, 1.807) is 6.07 Å². The van der Waals surface area contributed by atoms with Crippen LogP contribution in [0.5, 0.6) is 0 Å². The Bertz CT molecular complexity index is 3140. The number of nitriles is 1. The average Bonchev–Trinajstić information content (AvgIpc) is 3.85. The van der Waals surface area contributed by atoms with Crippen LogP contribution in [0.15, 0.2) is 132 Å². The van der Waals surface area contributed by atoms with Gasteiger partial charge in [0.05, 0.1) is 5.56 Å². The first kappa shape index (κ1) is 46.3. The molecule has 0 saturated heterocycles. The van der Waals surface area contributed by atoms with Gasteiger partial charge in [0, 0.05) is 31.7 Å². The van der Waals surface area contributed by atoms with Crippen LogP contribution in [-0.2, 0) is 25.5 Å². The van der Waals surface area contributed by atoms with Crippen molar-refractivity contribution < 1.29 is 28.9 Å². The average molecular weight is 1080 g/mol. The van der Waals surface area contributed by atoms with Crippen molar-refractivity contribution in [3.05, 3.63) is 168 Å². The van der Waals surface area contributed by atoms with Crippen molar-refractivity contribution in [3.63, 3.8) is 0 Å². The molecule has 0 amide bonds. The molecule has 3 aromatic heterocycles. The predicted octanol–water partition coefficient (Wildman–Crippen LogP) is 14.7. The van der Waals surface area contributed by atoms with Crippen LogP contribution in [-0.4, -0.2) is 27.8 Å². The first-order valence-electron chi connectivity index (χ1n) is 21.7. The van der Waals surface area contributed by atoms with E-state index in [4.69, 9.17) is 9.40 Å². The monoisotopic (exact) mass is 1080 g/mol. The van der Waals surface area contributed by atoms with Crippen molar-refractivity contribution in [1.82, 2.24) is 14.5 Å². The van der Waals surface area contributed by atoms with Crippen LogP contribution >= 0.6 is 0 Å². The molecule has 5 nitrogen and oxygen atoms in total. The first-order valence-corrected chi connectivity index (χ1v) is 29.1. The zero-order chi connectivity index (χ0) is 44.8. The van der Waals surface area contributed by atoms with Crippen LogP contribution in [0.4, 0.5) is 4.39 Å². The molecule has 6 aromatic carbocycles. The molecule has 0 saturated carbocycles. The molecular weight excluding hydrogens is 1030 g/mol. The van der Waals surface area contributed by atoms with Crippen LogP contribution in [0.3, 0.4) is 0 Å². The number of pyridine rings is 1. The Hall–Kier alpha value is -5.65. The molecule has 0 spiro atoms. The number of imidazole rings is 1. The van der Waals surface area contributed by atoms with Crippen molar-refractivity contribution in [1.29, 1.82) is 5.26 Å². The Morgan fingerprint density at radius 2 is 1.42 bits per heavy atom. The first-order chi connectivity index (χ1) is 30.0. The third-order valence-corrected chi connectivity index (χ3v) is 16.1. The molecule has 0 N–H and O–H groups in total. The number of nitrogens with zero attached hydrogens (tertiary/aromatic N) is 4. The summed E-state index contributed by atoms with van der Waals surface area (Å²) in [5.41, 5.74) is 12.4. The standard InChI is InChI=1S/C41H37FGeN3O.C15H16N.Ir/c1-24(2)33-21-28(26-15-18-29(19-16-26)43(5,6)7)22-34(25(3)4)38(33)46-36-14-9-8-13-35(36)45-41(46)32-12-10-11-30-31-20-17-27(23-44)37(42)40(31)47-39(30)32;1-15(2,3)13-9-10-16-14(11-13)12-7-5-4-6-8-12;/h8-11,13-22,24-25H,1-7H3;4-7,9-11H,1-3H3;/q2*-1;. The van der Waals surface area contributed by atoms with E-state index in [2.05, 4.69) is 142 Å². The molecule has 9 aromatic rings. The van der Waals surface area contributed by atoms with Crippen LogP contribution in [0.25, 0.3) is 72.4 Å². The van der Waals surface area contributed by atoms with E-state index in [9.17, 15) is 5.26 Å². The Morgan fingerprint density at radius 1 is 0.750 bits per heavy atom. The van der Waals surface area contributed by atoms with Gasteiger partial charge in [0.2, 0.25) is 0 Å². The number of fused-ring (bicyclic) bond motifs is 4. The molecule has 325 valence electrons. The fraction of sp³-hybridized carbons (Fsp3) is 0.232. The van der Waals surface area contributed by atoms with E-state index in [0.29, 0.717) is 22.4 Å². The van der Waals surface area contributed by atoms with Gasteiger partial charge in [-0.3, -0.25) is 0 Å². The summed E-state index contributed by atoms with van der Waals surface area (Å²) >= 11 is -1.94. The van der Waals surface area contributed by atoms with E-state index in [1.807, 2.05) is 66.9 Å². The molecule has 0 aliphatic rings. The van der Waals surface area contributed by atoms with Crippen LogP contribution in [0.2, 0.25) is 17.3 Å². The van der Waals surface area contributed by atoms with E-state index in [1.165, 1.54) is 38.3 Å². The normalized spacial score (nSPS) is 11.8. The molecule has 0 bridgehead atoms. The van der Waals surface area contributed by atoms with Gasteiger partial charge in [-0.1, -0.05) is 44.4 Å². The maximum atomic E-state index is 15.4. The molecule has 3 heterocycles. The van der Waals surface area contributed by atoms with Crippen molar-refractivity contribution in [2.45, 2.75) is 83.0 Å². The zero-order valence-corrected chi connectivity index (χ0v) is 42.7. The van der Waals surface area contributed by atoms with E-state index in [-0.39, 0.29) is 48.5 Å². The van der Waals surface area contributed by atoms with Crippen LogP contribution in [0, 0.1) is 29.3 Å². The van der Waals surface area contributed by atoms with Gasteiger partial charge in [0.25, 0.3) is 0 Å². The van der Waals surface area contributed by atoms with Crippen molar-refractivity contribution in [2.24, 2.45) is 0 Å². The summed E-state index contributed by atoms with van der Waals surface area (Å²) in [5.74, 6) is 7.72. The van der Waals surface area contributed by atoms with Crippen LogP contribution in [0.1, 0.15) is 82.6 Å². The summed E-state index contributed by atoms with van der Waals surface area (Å²) in [6.45, 7) is 15.6. The molecule has 8 heteroatoms. The number of halogens is 1. The van der Waals surface area contributed by atoms with E-state index < -0.39 is 19.1 Å². The second-order valence-corrected chi connectivity index (χ2v) is 29.6. The molecule has 0 aliphatic heterocycles. The number of hydrogen-bond acceptors (Lipinski definition) is 4. The SMILES string of the molecule is CC(C)(C)c1ccnc(-c2[c-]cccc2)c1.CC(C)c1cc(-c2cc[c]([Ge]([CH3])([CH3])[CH3])cc2)cc(C(C)C)c1-n1c(-c2[c-]ccc3c2oc2c(F)c(C#N)ccc23)nc2ccccc21.[Ir]. The van der Waals surface area contributed by atoms with Gasteiger partial charge < -0.3 is 9.40 Å². The fourth-order valence-corrected chi connectivity index (χ4v) is 10.6. The Labute approximate surface area is 393 Å². The van der Waals surface area contributed by atoms with Gasteiger partial charge in [-0.2, -0.15) is 5.26 Å².